The van der Waals surface area contributed by atoms with Crippen molar-refractivity contribution in [2.75, 3.05) is 14.2 Å². The molecule has 0 saturated heterocycles. The quantitative estimate of drug-likeness (QED) is 0.719. The summed E-state index contributed by atoms with van der Waals surface area (Å²) in [6.07, 6.45) is 2.03. The summed E-state index contributed by atoms with van der Waals surface area (Å²) in [5.41, 5.74) is 1.21. The molecule has 1 aromatic heterocycles. The van der Waals surface area contributed by atoms with Crippen molar-refractivity contribution in [1.82, 2.24) is 0 Å². The van der Waals surface area contributed by atoms with E-state index in [-0.39, 0.29) is 0 Å². The number of hydrogen-bond acceptors (Lipinski definition) is 2. The maximum Gasteiger partial charge on any atom is 0.185 e. The Balaban J connectivity index is 2.84. The molecule has 0 spiro atoms. The van der Waals surface area contributed by atoms with Crippen LogP contribution in [0.3, 0.4) is 0 Å². The topological polar surface area (TPSA) is 22.3 Å². The number of nitrogens with zero attached hydrogens (tertiary/aromatic N) is 1. The van der Waals surface area contributed by atoms with E-state index in [0.717, 1.165) is 16.9 Å². The second-order valence-electron chi connectivity index (χ2n) is 3.77. The van der Waals surface area contributed by atoms with Gasteiger partial charge in [-0.25, -0.2) is 4.57 Å². The van der Waals surface area contributed by atoms with Crippen molar-refractivity contribution in [2.24, 2.45) is 7.05 Å². The maximum absolute atomic E-state index is 5.41. The summed E-state index contributed by atoms with van der Waals surface area (Å²) in [6, 6.07) is 6.05. The van der Waals surface area contributed by atoms with Crippen LogP contribution in [0.4, 0.5) is 0 Å². The lowest BCUT2D eigenvalue weighted by Gasteiger charge is -2.10. The van der Waals surface area contributed by atoms with E-state index in [1.54, 1.807) is 14.2 Å². The van der Waals surface area contributed by atoms with Gasteiger partial charge < -0.3 is 9.47 Å². The molecule has 1 heterocycles. The highest BCUT2D eigenvalue weighted by molar-refractivity contribution is 5.91. The zero-order valence-corrected chi connectivity index (χ0v) is 10.1. The van der Waals surface area contributed by atoms with Crippen LogP contribution >= 0.6 is 0 Å². The number of aryl methyl sites for hydroxylation is 2. The van der Waals surface area contributed by atoms with Crippen LogP contribution in [0.15, 0.2) is 24.4 Å². The molecule has 84 valence electrons. The minimum absolute atomic E-state index is 0.767. The van der Waals surface area contributed by atoms with Crippen LogP contribution in [0.2, 0.25) is 0 Å². The van der Waals surface area contributed by atoms with Gasteiger partial charge in [-0.1, -0.05) is 0 Å². The number of benzene rings is 1. The minimum Gasteiger partial charge on any atom is -0.493 e. The summed E-state index contributed by atoms with van der Waals surface area (Å²) < 4.78 is 12.8. The van der Waals surface area contributed by atoms with E-state index in [0.29, 0.717) is 0 Å². The molecule has 0 atom stereocenters. The van der Waals surface area contributed by atoms with Crippen molar-refractivity contribution in [3.8, 4) is 11.5 Å². The summed E-state index contributed by atoms with van der Waals surface area (Å²) in [5.74, 6) is 1.56. The van der Waals surface area contributed by atoms with Gasteiger partial charge in [0, 0.05) is 18.4 Å². The van der Waals surface area contributed by atoms with E-state index >= 15 is 0 Å². The smallest absolute Gasteiger partial charge is 0.185 e. The molecule has 0 aliphatic carbocycles. The van der Waals surface area contributed by atoms with Crippen LogP contribution in [0.25, 0.3) is 10.8 Å². The monoisotopic (exact) mass is 218 g/mol. The van der Waals surface area contributed by atoms with Gasteiger partial charge in [0.2, 0.25) is 0 Å². The molecule has 16 heavy (non-hydrogen) atoms. The van der Waals surface area contributed by atoms with Gasteiger partial charge in [0.15, 0.2) is 23.4 Å². The first-order valence-corrected chi connectivity index (χ1v) is 5.19. The predicted octanol–water partition coefficient (Wildman–Crippen LogP) is 1.99. The summed E-state index contributed by atoms with van der Waals surface area (Å²) in [7, 11) is 5.35. The molecule has 0 unspecified atom stereocenters. The fourth-order valence-electron chi connectivity index (χ4n) is 1.92. The molecule has 0 amide bonds. The molecular formula is C13H16NO2+. The van der Waals surface area contributed by atoms with Gasteiger partial charge in [0.1, 0.15) is 7.05 Å². The summed E-state index contributed by atoms with van der Waals surface area (Å²) in [6.45, 7) is 2.09. The lowest BCUT2D eigenvalue weighted by molar-refractivity contribution is -0.676. The highest BCUT2D eigenvalue weighted by Crippen LogP contribution is 2.35. The first-order valence-electron chi connectivity index (χ1n) is 5.19. The fourth-order valence-corrected chi connectivity index (χ4v) is 1.92. The second-order valence-corrected chi connectivity index (χ2v) is 3.77. The van der Waals surface area contributed by atoms with Crippen LogP contribution in [0, 0.1) is 6.92 Å². The van der Waals surface area contributed by atoms with Crippen molar-refractivity contribution in [3.05, 3.63) is 30.1 Å². The Morgan fingerprint density at radius 2 is 1.75 bits per heavy atom. The van der Waals surface area contributed by atoms with Gasteiger partial charge in [0.05, 0.1) is 19.6 Å². The Kier molecular flexibility index (Phi) is 2.69. The van der Waals surface area contributed by atoms with Crippen molar-refractivity contribution < 1.29 is 14.0 Å². The molecular weight excluding hydrogens is 202 g/mol. The highest BCUT2D eigenvalue weighted by atomic mass is 16.5. The van der Waals surface area contributed by atoms with E-state index in [4.69, 9.17) is 9.47 Å². The molecule has 0 N–H and O–H groups in total. The Labute approximate surface area is 95.2 Å². The normalized spacial score (nSPS) is 10.5. The summed E-state index contributed by atoms with van der Waals surface area (Å²) in [4.78, 5) is 0. The summed E-state index contributed by atoms with van der Waals surface area (Å²) in [5, 5.41) is 2.26. The Morgan fingerprint density at radius 3 is 2.38 bits per heavy atom. The van der Waals surface area contributed by atoms with Crippen molar-refractivity contribution in [1.29, 1.82) is 0 Å². The molecule has 3 nitrogen and oxygen atoms in total. The van der Waals surface area contributed by atoms with Crippen molar-refractivity contribution >= 4 is 10.8 Å². The second kappa shape index (κ2) is 4.00. The van der Waals surface area contributed by atoms with E-state index in [9.17, 15) is 0 Å². The molecule has 2 aromatic rings. The number of ether oxygens (including phenoxy) is 2. The zero-order valence-electron chi connectivity index (χ0n) is 10.1. The van der Waals surface area contributed by atoms with Gasteiger partial charge in [-0.3, -0.25) is 0 Å². The van der Waals surface area contributed by atoms with Crippen LogP contribution in [-0.2, 0) is 7.05 Å². The average Bonchev–Trinajstić information content (AvgIpc) is 2.32. The van der Waals surface area contributed by atoms with Gasteiger partial charge in [-0.05, 0) is 12.1 Å². The van der Waals surface area contributed by atoms with E-state index < -0.39 is 0 Å². The van der Waals surface area contributed by atoms with Crippen LogP contribution in [0.5, 0.6) is 11.5 Å². The number of rotatable bonds is 2. The van der Waals surface area contributed by atoms with Crippen LogP contribution < -0.4 is 14.0 Å². The minimum atomic E-state index is 0.767. The highest BCUT2D eigenvalue weighted by Gasteiger charge is 2.14. The largest absolute Gasteiger partial charge is 0.493 e. The first-order chi connectivity index (χ1) is 7.69. The fraction of sp³-hybridized carbons (Fsp3) is 0.308. The Hall–Kier alpha value is -1.77. The van der Waals surface area contributed by atoms with Gasteiger partial charge in [-0.2, -0.15) is 0 Å². The maximum atomic E-state index is 5.41. The zero-order chi connectivity index (χ0) is 11.7. The Morgan fingerprint density at radius 1 is 1.00 bits per heavy atom. The number of aromatic nitrogens is 1. The third-order valence-electron chi connectivity index (χ3n) is 2.97. The van der Waals surface area contributed by atoms with Crippen molar-refractivity contribution in [3.63, 3.8) is 0 Å². The molecule has 3 heteroatoms. The lowest BCUT2D eigenvalue weighted by Crippen LogP contribution is -2.31. The van der Waals surface area contributed by atoms with E-state index in [2.05, 4.69) is 17.6 Å². The molecule has 0 radical (unpaired) electrons. The van der Waals surface area contributed by atoms with Crippen LogP contribution in [-0.4, -0.2) is 14.2 Å². The predicted molar refractivity (Wildman–Crippen MR) is 63.0 cm³/mol. The lowest BCUT2D eigenvalue weighted by atomic mass is 10.1. The molecule has 1 aromatic carbocycles. The van der Waals surface area contributed by atoms with Gasteiger partial charge >= 0.3 is 0 Å². The first kappa shape index (κ1) is 10.7. The van der Waals surface area contributed by atoms with E-state index in [1.807, 2.05) is 25.4 Å². The van der Waals surface area contributed by atoms with Gasteiger partial charge in [0.25, 0.3) is 0 Å². The molecule has 0 fully saturated rings. The summed E-state index contributed by atoms with van der Waals surface area (Å²) >= 11 is 0. The number of methoxy groups -OCH3 is 2. The van der Waals surface area contributed by atoms with Crippen molar-refractivity contribution in [2.45, 2.75) is 6.92 Å². The third-order valence-corrected chi connectivity index (χ3v) is 2.97. The standard InChI is InChI=1S/C13H16NO2/c1-9-10-5-6-12(15-3)13(16-4)11(10)7-8-14(9)2/h5-8H,1-4H3/q+1. The molecule has 0 bridgehead atoms. The molecule has 2 rings (SSSR count). The average molecular weight is 218 g/mol. The number of fused-ring (bicyclic) bond motifs is 1. The molecule has 0 saturated carbocycles. The number of hydrogen-bond donors (Lipinski definition) is 0. The third kappa shape index (κ3) is 1.48. The molecule has 0 aliphatic heterocycles. The van der Waals surface area contributed by atoms with E-state index in [1.165, 1.54) is 11.1 Å². The number of pyridine rings is 1. The SMILES string of the molecule is COc1ccc2c(C)[n+](C)ccc2c1OC. The Bertz CT molecular complexity index is 535. The van der Waals surface area contributed by atoms with Crippen LogP contribution in [0.1, 0.15) is 5.69 Å². The van der Waals surface area contributed by atoms with Gasteiger partial charge in [-0.15, -0.1) is 0 Å². The molecule has 0 aliphatic rings.